The van der Waals surface area contributed by atoms with Crippen LogP contribution in [-0.4, -0.2) is 24.1 Å². The van der Waals surface area contributed by atoms with Crippen LogP contribution in [0, 0.1) is 0 Å². The fourth-order valence-corrected chi connectivity index (χ4v) is 3.78. The molecular formula is C12H19NS2. The molecule has 0 bridgehead atoms. The van der Waals surface area contributed by atoms with Crippen LogP contribution in [0.1, 0.15) is 24.1 Å². The molecule has 2 rings (SSSR count). The van der Waals surface area contributed by atoms with E-state index in [1.807, 2.05) is 11.3 Å². The Morgan fingerprint density at radius 1 is 1.47 bits per heavy atom. The lowest BCUT2D eigenvalue weighted by Crippen LogP contribution is -2.34. The van der Waals surface area contributed by atoms with E-state index in [0.717, 1.165) is 6.04 Å². The van der Waals surface area contributed by atoms with Crippen molar-refractivity contribution in [1.82, 2.24) is 5.32 Å². The lowest BCUT2D eigenvalue weighted by molar-refractivity contribution is 0.501. The first kappa shape index (κ1) is 11.5. The van der Waals surface area contributed by atoms with Gasteiger partial charge < -0.3 is 5.32 Å². The Hall–Kier alpha value is 0.01000. The van der Waals surface area contributed by atoms with Crippen molar-refractivity contribution in [3.8, 4) is 0 Å². The number of thiophene rings is 1. The van der Waals surface area contributed by atoms with Crippen molar-refractivity contribution >= 4 is 23.1 Å². The normalized spacial score (nSPS) is 21.7. The SMILES string of the molecule is c1csc(CCCNC2CCCSC2)c1. The topological polar surface area (TPSA) is 12.0 Å². The van der Waals surface area contributed by atoms with Gasteiger partial charge in [-0.2, -0.15) is 11.8 Å². The van der Waals surface area contributed by atoms with E-state index in [9.17, 15) is 0 Å². The Labute approximate surface area is 101 Å². The van der Waals surface area contributed by atoms with Crippen molar-refractivity contribution in [3.05, 3.63) is 22.4 Å². The van der Waals surface area contributed by atoms with Gasteiger partial charge in [0.1, 0.15) is 0 Å². The third-order valence-electron chi connectivity index (χ3n) is 2.77. The molecule has 0 amide bonds. The van der Waals surface area contributed by atoms with E-state index in [0.29, 0.717) is 0 Å². The minimum Gasteiger partial charge on any atom is -0.313 e. The van der Waals surface area contributed by atoms with Crippen molar-refractivity contribution in [2.75, 3.05) is 18.1 Å². The summed E-state index contributed by atoms with van der Waals surface area (Å²) in [4.78, 5) is 1.52. The molecule has 1 unspecified atom stereocenters. The van der Waals surface area contributed by atoms with E-state index < -0.39 is 0 Å². The van der Waals surface area contributed by atoms with Crippen LogP contribution in [0.5, 0.6) is 0 Å². The molecule has 1 aromatic rings. The van der Waals surface area contributed by atoms with Crippen LogP contribution in [0.3, 0.4) is 0 Å². The van der Waals surface area contributed by atoms with Gasteiger partial charge in [-0.15, -0.1) is 11.3 Å². The molecule has 0 saturated carbocycles. The van der Waals surface area contributed by atoms with Crippen molar-refractivity contribution < 1.29 is 0 Å². The third-order valence-corrected chi connectivity index (χ3v) is 4.92. The Kier molecular flexibility index (Phi) is 5.03. The van der Waals surface area contributed by atoms with Gasteiger partial charge in [0.05, 0.1) is 0 Å². The van der Waals surface area contributed by atoms with E-state index in [1.165, 1.54) is 48.6 Å². The van der Waals surface area contributed by atoms with Gasteiger partial charge in [-0.05, 0) is 49.4 Å². The highest BCUT2D eigenvalue weighted by Crippen LogP contribution is 2.17. The first-order valence-corrected chi connectivity index (χ1v) is 7.82. The minimum absolute atomic E-state index is 0.784. The predicted octanol–water partition coefficient (Wildman–Crippen LogP) is 3.17. The lowest BCUT2D eigenvalue weighted by atomic mass is 10.2. The highest BCUT2D eigenvalue weighted by atomic mass is 32.2. The molecule has 1 N–H and O–H groups in total. The predicted molar refractivity (Wildman–Crippen MR) is 71.0 cm³/mol. The van der Waals surface area contributed by atoms with Gasteiger partial charge in [0, 0.05) is 16.7 Å². The van der Waals surface area contributed by atoms with Crippen LogP contribution >= 0.6 is 23.1 Å². The van der Waals surface area contributed by atoms with Crippen molar-refractivity contribution in [2.45, 2.75) is 31.7 Å². The fourth-order valence-electron chi connectivity index (χ4n) is 1.93. The second-order valence-corrected chi connectivity index (χ2v) is 6.23. The van der Waals surface area contributed by atoms with Crippen LogP contribution in [0.15, 0.2) is 17.5 Å². The monoisotopic (exact) mass is 241 g/mol. The maximum Gasteiger partial charge on any atom is 0.0158 e. The van der Waals surface area contributed by atoms with Gasteiger partial charge in [0.15, 0.2) is 0 Å². The maximum absolute atomic E-state index is 3.67. The minimum atomic E-state index is 0.784. The van der Waals surface area contributed by atoms with E-state index in [2.05, 4.69) is 34.6 Å². The van der Waals surface area contributed by atoms with Gasteiger partial charge >= 0.3 is 0 Å². The van der Waals surface area contributed by atoms with Crippen LogP contribution in [0.2, 0.25) is 0 Å². The number of aryl methyl sites for hydroxylation is 1. The average molecular weight is 241 g/mol. The fraction of sp³-hybridized carbons (Fsp3) is 0.667. The van der Waals surface area contributed by atoms with E-state index >= 15 is 0 Å². The van der Waals surface area contributed by atoms with E-state index in [1.54, 1.807) is 0 Å². The Morgan fingerprint density at radius 3 is 3.20 bits per heavy atom. The molecule has 15 heavy (non-hydrogen) atoms. The quantitative estimate of drug-likeness (QED) is 0.795. The third kappa shape index (κ3) is 4.17. The smallest absolute Gasteiger partial charge is 0.0158 e. The molecule has 1 nitrogen and oxygen atoms in total. The molecule has 1 aromatic heterocycles. The first-order chi connectivity index (χ1) is 7.45. The summed E-state index contributed by atoms with van der Waals surface area (Å²) in [6.45, 7) is 1.18. The number of nitrogens with one attached hydrogen (secondary N) is 1. The van der Waals surface area contributed by atoms with Gasteiger partial charge in [0.2, 0.25) is 0 Å². The molecule has 0 spiro atoms. The molecule has 0 aromatic carbocycles. The summed E-state index contributed by atoms with van der Waals surface area (Å²) in [6.07, 6.45) is 5.30. The van der Waals surface area contributed by atoms with Crippen LogP contribution in [0.25, 0.3) is 0 Å². The molecule has 1 atom stereocenters. The maximum atomic E-state index is 3.67. The summed E-state index contributed by atoms with van der Waals surface area (Å²) in [6, 6.07) is 5.17. The molecule has 84 valence electrons. The Bertz CT molecular complexity index is 253. The number of rotatable bonds is 5. The summed E-state index contributed by atoms with van der Waals surface area (Å²) >= 11 is 3.98. The zero-order chi connectivity index (χ0) is 10.3. The molecule has 1 fully saturated rings. The zero-order valence-electron chi connectivity index (χ0n) is 9.08. The standard InChI is InChI=1S/C12H19NS2/c1(5-12-6-3-9-15-12)7-13-11-4-2-8-14-10-11/h3,6,9,11,13H,1-2,4-5,7-8,10H2. The molecule has 1 aliphatic rings. The summed E-state index contributed by atoms with van der Waals surface area (Å²) in [7, 11) is 0. The summed E-state index contributed by atoms with van der Waals surface area (Å²) < 4.78 is 0. The number of thioether (sulfide) groups is 1. The summed E-state index contributed by atoms with van der Waals surface area (Å²) in [5.41, 5.74) is 0. The second-order valence-electron chi connectivity index (χ2n) is 4.05. The number of hydrogen-bond acceptors (Lipinski definition) is 3. The molecule has 0 aliphatic carbocycles. The molecule has 1 aliphatic heterocycles. The zero-order valence-corrected chi connectivity index (χ0v) is 10.7. The summed E-state index contributed by atoms with van der Waals surface area (Å²) in [5, 5.41) is 5.84. The van der Waals surface area contributed by atoms with E-state index in [-0.39, 0.29) is 0 Å². The van der Waals surface area contributed by atoms with Gasteiger partial charge in [-0.3, -0.25) is 0 Å². The van der Waals surface area contributed by atoms with Crippen molar-refractivity contribution in [1.29, 1.82) is 0 Å². The summed E-state index contributed by atoms with van der Waals surface area (Å²) in [5.74, 6) is 2.69. The van der Waals surface area contributed by atoms with Gasteiger partial charge in [0.25, 0.3) is 0 Å². The largest absolute Gasteiger partial charge is 0.313 e. The van der Waals surface area contributed by atoms with Crippen molar-refractivity contribution in [2.24, 2.45) is 0 Å². The highest BCUT2D eigenvalue weighted by Gasteiger charge is 2.11. The van der Waals surface area contributed by atoms with Crippen LogP contribution < -0.4 is 5.32 Å². The van der Waals surface area contributed by atoms with Crippen LogP contribution in [-0.2, 0) is 6.42 Å². The van der Waals surface area contributed by atoms with Gasteiger partial charge in [-0.1, -0.05) is 6.07 Å². The molecule has 1 saturated heterocycles. The molecule has 3 heteroatoms. The highest BCUT2D eigenvalue weighted by molar-refractivity contribution is 7.99. The lowest BCUT2D eigenvalue weighted by Gasteiger charge is -2.22. The Balaban J connectivity index is 1.54. The number of hydrogen-bond donors (Lipinski definition) is 1. The molecule has 2 heterocycles. The first-order valence-electron chi connectivity index (χ1n) is 5.78. The average Bonchev–Trinajstić information content (AvgIpc) is 2.79. The van der Waals surface area contributed by atoms with Gasteiger partial charge in [-0.25, -0.2) is 0 Å². The van der Waals surface area contributed by atoms with E-state index in [4.69, 9.17) is 0 Å². The second kappa shape index (κ2) is 6.56. The molecular weight excluding hydrogens is 222 g/mol. The molecule has 0 radical (unpaired) electrons. The van der Waals surface area contributed by atoms with Crippen molar-refractivity contribution in [3.63, 3.8) is 0 Å². The van der Waals surface area contributed by atoms with Crippen LogP contribution in [0.4, 0.5) is 0 Å². The Morgan fingerprint density at radius 2 is 2.47 bits per heavy atom.